The minimum atomic E-state index is -1.07. The molecule has 0 saturated carbocycles. The van der Waals surface area contributed by atoms with Crippen LogP contribution in [0.3, 0.4) is 0 Å². The Morgan fingerprint density at radius 1 is 1.45 bits per heavy atom. The number of halogens is 2. The molecular weight excluding hydrogens is 390 g/mol. The van der Waals surface area contributed by atoms with Gasteiger partial charge in [0.2, 0.25) is 5.91 Å². The molecule has 0 saturated heterocycles. The molecule has 0 aliphatic rings. The largest absolute Gasteiger partial charge is 0.409 e. The fourth-order valence-electron chi connectivity index (χ4n) is 1.64. The zero-order chi connectivity index (χ0) is 15.5. The molecule has 0 aliphatic heterocycles. The summed E-state index contributed by atoms with van der Waals surface area (Å²) in [7, 11) is 0. The minimum absolute atomic E-state index is 0.114. The zero-order valence-electron chi connectivity index (χ0n) is 11.5. The highest BCUT2D eigenvalue weighted by atomic mass is 79.9. The van der Waals surface area contributed by atoms with E-state index in [0.29, 0.717) is 12.1 Å². The number of benzene rings is 1. The number of anilines is 1. The molecule has 1 atom stereocenters. The monoisotopic (exact) mass is 405 g/mol. The lowest BCUT2D eigenvalue weighted by Gasteiger charge is -2.26. The van der Waals surface area contributed by atoms with E-state index in [9.17, 15) is 4.79 Å². The first-order valence-corrected chi connectivity index (χ1v) is 7.60. The van der Waals surface area contributed by atoms with E-state index in [1.807, 2.05) is 19.1 Å². The summed E-state index contributed by atoms with van der Waals surface area (Å²) in [6, 6.07) is 3.79. The number of carbonyl (C=O) groups is 1. The molecule has 1 rings (SSSR count). The van der Waals surface area contributed by atoms with Gasteiger partial charge in [0.1, 0.15) is 5.41 Å². The highest BCUT2D eigenvalue weighted by molar-refractivity contribution is 9.11. The van der Waals surface area contributed by atoms with Crippen molar-refractivity contribution in [2.24, 2.45) is 16.3 Å². The molecule has 4 N–H and O–H groups in total. The quantitative estimate of drug-likeness (QED) is 0.309. The molecule has 1 unspecified atom stereocenters. The molecule has 0 bridgehead atoms. The number of hydrogen-bond acceptors (Lipinski definition) is 3. The smallest absolute Gasteiger partial charge is 0.238 e. The maximum Gasteiger partial charge on any atom is 0.238 e. The Morgan fingerprint density at radius 3 is 2.35 bits per heavy atom. The van der Waals surface area contributed by atoms with E-state index in [2.05, 4.69) is 42.3 Å². The average Bonchev–Trinajstić information content (AvgIpc) is 2.40. The Hall–Kier alpha value is -1.08. The highest BCUT2D eigenvalue weighted by Gasteiger charge is 2.36. The van der Waals surface area contributed by atoms with Gasteiger partial charge in [-0.3, -0.25) is 4.79 Å². The Balaban J connectivity index is 3.13. The third-order valence-corrected chi connectivity index (χ3v) is 4.56. The van der Waals surface area contributed by atoms with Gasteiger partial charge >= 0.3 is 0 Å². The third-order valence-electron chi connectivity index (χ3n) is 3.31. The molecule has 1 aromatic carbocycles. The van der Waals surface area contributed by atoms with E-state index in [0.717, 1.165) is 14.5 Å². The molecule has 20 heavy (non-hydrogen) atoms. The Labute approximate surface area is 134 Å². The Morgan fingerprint density at radius 2 is 1.95 bits per heavy atom. The van der Waals surface area contributed by atoms with Crippen LogP contribution in [0, 0.1) is 12.3 Å². The molecule has 1 aromatic rings. The Kier molecular flexibility index (Phi) is 5.59. The van der Waals surface area contributed by atoms with Crippen LogP contribution in [0.25, 0.3) is 0 Å². The number of rotatable bonds is 4. The van der Waals surface area contributed by atoms with Gasteiger partial charge in [0, 0.05) is 8.95 Å². The van der Waals surface area contributed by atoms with Crippen molar-refractivity contribution in [2.45, 2.75) is 27.2 Å². The number of oxime groups is 1. The molecule has 0 spiro atoms. The molecule has 0 heterocycles. The van der Waals surface area contributed by atoms with Gasteiger partial charge in [-0.05, 0) is 69.8 Å². The highest BCUT2D eigenvalue weighted by Crippen LogP contribution is 2.34. The van der Waals surface area contributed by atoms with Crippen molar-refractivity contribution < 1.29 is 10.0 Å². The van der Waals surface area contributed by atoms with Crippen molar-refractivity contribution >= 4 is 49.3 Å². The molecule has 0 aliphatic carbocycles. The summed E-state index contributed by atoms with van der Waals surface area (Å²) < 4.78 is 1.52. The van der Waals surface area contributed by atoms with E-state index in [4.69, 9.17) is 10.9 Å². The summed E-state index contributed by atoms with van der Waals surface area (Å²) in [5.41, 5.74) is 6.23. The molecule has 0 aromatic heterocycles. The number of carbonyl (C=O) groups excluding carboxylic acids is 1. The SMILES string of the molecule is CCC(C)(C(=O)Nc1c(Br)cc(C)cc1Br)C(N)=NO. The molecule has 5 nitrogen and oxygen atoms in total. The van der Waals surface area contributed by atoms with Crippen LogP contribution in [-0.4, -0.2) is 17.0 Å². The molecule has 110 valence electrons. The van der Waals surface area contributed by atoms with Crippen LogP contribution in [0.2, 0.25) is 0 Å². The van der Waals surface area contributed by atoms with Gasteiger partial charge in [-0.2, -0.15) is 0 Å². The second-order valence-corrected chi connectivity index (χ2v) is 6.44. The predicted molar refractivity (Wildman–Crippen MR) is 87.0 cm³/mol. The first-order valence-electron chi connectivity index (χ1n) is 6.01. The number of nitrogens with one attached hydrogen (secondary N) is 1. The van der Waals surface area contributed by atoms with Gasteiger partial charge in [-0.1, -0.05) is 12.1 Å². The van der Waals surface area contributed by atoms with Crippen LogP contribution in [0.5, 0.6) is 0 Å². The van der Waals surface area contributed by atoms with Crippen molar-refractivity contribution in [1.82, 2.24) is 0 Å². The fraction of sp³-hybridized carbons (Fsp3) is 0.385. The van der Waals surface area contributed by atoms with Gasteiger partial charge < -0.3 is 16.3 Å². The standard InChI is InChI=1S/C13H17Br2N3O2/c1-4-13(3,11(16)18-20)12(19)17-10-8(14)5-7(2)6-9(10)15/h5-6,20H,4H2,1-3H3,(H2,16,18)(H,17,19). The van der Waals surface area contributed by atoms with Crippen LogP contribution < -0.4 is 11.1 Å². The Bertz CT molecular complexity index is 538. The van der Waals surface area contributed by atoms with Crippen LogP contribution in [0.1, 0.15) is 25.8 Å². The normalized spacial score (nSPS) is 14.8. The maximum atomic E-state index is 12.4. The first kappa shape index (κ1) is 17.0. The lowest BCUT2D eigenvalue weighted by atomic mass is 9.85. The lowest BCUT2D eigenvalue weighted by Crippen LogP contribution is -2.44. The van der Waals surface area contributed by atoms with Gasteiger partial charge in [0.05, 0.1) is 5.69 Å². The van der Waals surface area contributed by atoms with E-state index in [1.165, 1.54) is 0 Å². The minimum Gasteiger partial charge on any atom is -0.409 e. The topological polar surface area (TPSA) is 87.7 Å². The molecule has 0 fully saturated rings. The lowest BCUT2D eigenvalue weighted by molar-refractivity contribution is -0.121. The summed E-state index contributed by atoms with van der Waals surface area (Å²) in [5.74, 6) is -0.447. The molecular formula is C13H17Br2N3O2. The number of nitrogens with two attached hydrogens (primary N) is 1. The molecule has 1 amide bonds. The maximum absolute atomic E-state index is 12.4. The third kappa shape index (κ3) is 3.32. The van der Waals surface area contributed by atoms with E-state index >= 15 is 0 Å². The van der Waals surface area contributed by atoms with E-state index in [-0.39, 0.29) is 11.7 Å². The van der Waals surface area contributed by atoms with Gasteiger partial charge in [0.25, 0.3) is 0 Å². The van der Waals surface area contributed by atoms with E-state index in [1.54, 1.807) is 13.8 Å². The number of amidine groups is 1. The first-order chi connectivity index (χ1) is 9.26. The summed E-state index contributed by atoms with van der Waals surface area (Å²) >= 11 is 6.83. The van der Waals surface area contributed by atoms with Gasteiger partial charge in [-0.15, -0.1) is 0 Å². The number of nitrogens with zero attached hydrogens (tertiary/aromatic N) is 1. The van der Waals surface area contributed by atoms with Crippen molar-refractivity contribution in [1.29, 1.82) is 0 Å². The zero-order valence-corrected chi connectivity index (χ0v) is 14.7. The number of aryl methyl sites for hydroxylation is 1. The van der Waals surface area contributed by atoms with Crippen molar-refractivity contribution in [2.75, 3.05) is 5.32 Å². The number of amides is 1. The predicted octanol–water partition coefficient (Wildman–Crippen LogP) is 3.62. The fourth-order valence-corrected chi connectivity index (χ4v) is 3.25. The van der Waals surface area contributed by atoms with Crippen molar-refractivity contribution in [3.8, 4) is 0 Å². The summed E-state index contributed by atoms with van der Waals surface area (Å²) in [5, 5.41) is 14.6. The van der Waals surface area contributed by atoms with Crippen LogP contribution in [0.15, 0.2) is 26.2 Å². The van der Waals surface area contributed by atoms with Crippen LogP contribution >= 0.6 is 31.9 Å². The van der Waals surface area contributed by atoms with Crippen molar-refractivity contribution in [3.05, 3.63) is 26.6 Å². The van der Waals surface area contributed by atoms with Gasteiger partial charge in [-0.25, -0.2) is 0 Å². The molecule has 7 heteroatoms. The van der Waals surface area contributed by atoms with Gasteiger partial charge in [0.15, 0.2) is 5.84 Å². The average molecular weight is 407 g/mol. The van der Waals surface area contributed by atoms with Crippen LogP contribution in [-0.2, 0) is 4.79 Å². The summed E-state index contributed by atoms with van der Waals surface area (Å²) in [6.45, 7) is 5.39. The number of hydrogen-bond donors (Lipinski definition) is 3. The van der Waals surface area contributed by atoms with Crippen LogP contribution in [0.4, 0.5) is 5.69 Å². The second-order valence-electron chi connectivity index (χ2n) is 4.73. The van der Waals surface area contributed by atoms with Crippen molar-refractivity contribution in [3.63, 3.8) is 0 Å². The summed E-state index contributed by atoms with van der Waals surface area (Å²) in [4.78, 5) is 12.4. The van der Waals surface area contributed by atoms with E-state index < -0.39 is 5.41 Å². The second kappa shape index (κ2) is 6.58. The molecule has 0 radical (unpaired) electrons. The summed E-state index contributed by atoms with van der Waals surface area (Å²) in [6.07, 6.45) is 0.413.